The molecule has 0 unspecified atom stereocenters. The summed E-state index contributed by atoms with van der Waals surface area (Å²) in [5.74, 6) is -0.242. The van der Waals surface area contributed by atoms with E-state index in [1.54, 1.807) is 11.3 Å². The molecule has 2 N–H and O–H groups in total. The van der Waals surface area contributed by atoms with Gasteiger partial charge in [-0.25, -0.2) is 9.97 Å². The van der Waals surface area contributed by atoms with E-state index in [2.05, 4.69) is 37.1 Å². The fourth-order valence-corrected chi connectivity index (χ4v) is 9.34. The number of carbonyl (C=O) groups excluding carboxylic acids is 2. The Kier molecular flexibility index (Phi) is 10.8. The van der Waals surface area contributed by atoms with Crippen LogP contribution in [-0.2, 0) is 42.7 Å². The summed E-state index contributed by atoms with van der Waals surface area (Å²) in [7, 11) is 3.86. The third kappa shape index (κ3) is 7.64. The van der Waals surface area contributed by atoms with Gasteiger partial charge in [0.05, 0.1) is 47.7 Å². The number of fused-ring (bicyclic) bond motifs is 2. The van der Waals surface area contributed by atoms with Crippen LogP contribution in [-0.4, -0.2) is 84.8 Å². The molecule has 280 valence electrons. The normalized spacial score (nSPS) is 18.8. The fraction of sp³-hybridized carbons (Fsp3) is 0.475. The average Bonchev–Trinajstić information content (AvgIpc) is 3.81. The number of imidazole rings is 1. The van der Waals surface area contributed by atoms with Crippen LogP contribution in [0.5, 0.6) is 0 Å². The fourth-order valence-electron chi connectivity index (χ4n) is 7.90. The SMILES string of the molecule is Cc1c(-c2nc3c(s2)CN(C(=O)CN(C)C(C)C)C3)cccc1-c1cccc(NC(=O)c2nc3c(n2C)CCN(C[C@H]2CC[C@H](C(=O)O)CC2)C3)c1Cl. The Morgan fingerprint density at radius 3 is 2.43 bits per heavy atom. The first-order valence-electron chi connectivity index (χ1n) is 18.5. The third-order valence-corrected chi connectivity index (χ3v) is 12.9. The smallest absolute Gasteiger partial charge is 0.306 e. The number of aliphatic carboxylic acids is 1. The lowest BCUT2D eigenvalue weighted by molar-refractivity contribution is -0.143. The zero-order chi connectivity index (χ0) is 37.6. The van der Waals surface area contributed by atoms with Crippen molar-refractivity contribution in [3.63, 3.8) is 0 Å². The van der Waals surface area contributed by atoms with Crippen molar-refractivity contribution in [3.8, 4) is 21.7 Å². The van der Waals surface area contributed by atoms with Gasteiger partial charge in [0, 0.05) is 60.8 Å². The number of anilines is 1. The second kappa shape index (κ2) is 15.3. The van der Waals surface area contributed by atoms with Gasteiger partial charge in [-0.3, -0.25) is 24.2 Å². The number of carboxylic acids is 1. The van der Waals surface area contributed by atoms with E-state index < -0.39 is 5.97 Å². The monoisotopic (exact) mass is 757 g/mol. The first-order valence-corrected chi connectivity index (χ1v) is 19.7. The van der Waals surface area contributed by atoms with E-state index in [0.717, 1.165) is 94.4 Å². The number of nitrogens with one attached hydrogen (secondary N) is 1. The number of halogens is 1. The zero-order valence-corrected chi connectivity index (χ0v) is 32.7. The summed E-state index contributed by atoms with van der Waals surface area (Å²) in [4.78, 5) is 55.2. The van der Waals surface area contributed by atoms with Crippen LogP contribution in [0.1, 0.15) is 77.7 Å². The van der Waals surface area contributed by atoms with E-state index in [9.17, 15) is 19.5 Å². The number of rotatable bonds is 10. The minimum atomic E-state index is -0.675. The minimum Gasteiger partial charge on any atom is -0.481 e. The van der Waals surface area contributed by atoms with Gasteiger partial charge in [-0.05, 0) is 76.6 Å². The molecule has 53 heavy (non-hydrogen) atoms. The predicted molar refractivity (Wildman–Crippen MR) is 208 cm³/mol. The molecule has 0 saturated heterocycles. The zero-order valence-electron chi connectivity index (χ0n) is 31.1. The van der Waals surface area contributed by atoms with Gasteiger partial charge in [0.15, 0.2) is 5.82 Å². The highest BCUT2D eigenvalue weighted by molar-refractivity contribution is 7.15. The van der Waals surface area contributed by atoms with Crippen molar-refractivity contribution in [2.75, 3.05) is 32.0 Å². The predicted octanol–water partition coefficient (Wildman–Crippen LogP) is 6.86. The second-order valence-electron chi connectivity index (χ2n) is 15.2. The Labute approximate surface area is 320 Å². The molecule has 7 rings (SSSR count). The topological polar surface area (TPSA) is 124 Å². The third-order valence-electron chi connectivity index (χ3n) is 11.4. The minimum absolute atomic E-state index is 0.117. The van der Waals surface area contributed by atoms with Crippen molar-refractivity contribution in [3.05, 3.63) is 74.8 Å². The van der Waals surface area contributed by atoms with E-state index in [-0.39, 0.29) is 17.7 Å². The molecule has 11 nitrogen and oxygen atoms in total. The molecule has 2 aromatic heterocycles. The lowest BCUT2D eigenvalue weighted by Crippen LogP contribution is -2.38. The van der Waals surface area contributed by atoms with Crippen LogP contribution in [0, 0.1) is 18.8 Å². The summed E-state index contributed by atoms with van der Waals surface area (Å²) in [5.41, 5.74) is 7.28. The number of likely N-dealkylation sites (N-methyl/N-ethyl adjacent to an activating group) is 1. The lowest BCUT2D eigenvalue weighted by Gasteiger charge is -2.33. The first kappa shape index (κ1) is 37.2. The van der Waals surface area contributed by atoms with E-state index in [1.807, 2.05) is 58.8 Å². The van der Waals surface area contributed by atoms with E-state index >= 15 is 0 Å². The molecular weight excluding hydrogens is 710 g/mol. The molecule has 0 radical (unpaired) electrons. The molecule has 2 aromatic carbocycles. The number of carboxylic acid groups (broad SMARTS) is 1. The number of hydrogen-bond donors (Lipinski definition) is 2. The molecule has 0 bridgehead atoms. The molecule has 1 aliphatic carbocycles. The van der Waals surface area contributed by atoms with Crippen LogP contribution < -0.4 is 5.32 Å². The molecule has 1 fully saturated rings. The van der Waals surface area contributed by atoms with Crippen LogP contribution in [0.15, 0.2) is 36.4 Å². The summed E-state index contributed by atoms with van der Waals surface area (Å²) in [6.07, 6.45) is 4.17. The van der Waals surface area contributed by atoms with Gasteiger partial charge in [-0.1, -0.05) is 41.9 Å². The highest BCUT2D eigenvalue weighted by atomic mass is 35.5. The molecule has 3 aliphatic rings. The van der Waals surface area contributed by atoms with Crippen LogP contribution in [0.25, 0.3) is 21.7 Å². The number of hydrogen-bond acceptors (Lipinski definition) is 8. The maximum atomic E-state index is 13.7. The largest absolute Gasteiger partial charge is 0.481 e. The first-order chi connectivity index (χ1) is 25.4. The second-order valence-corrected chi connectivity index (χ2v) is 16.6. The molecule has 0 atom stereocenters. The number of carbonyl (C=O) groups is 3. The molecule has 13 heteroatoms. The van der Waals surface area contributed by atoms with Crippen LogP contribution in [0.3, 0.4) is 0 Å². The van der Waals surface area contributed by atoms with E-state index in [0.29, 0.717) is 54.7 Å². The van der Waals surface area contributed by atoms with Crippen molar-refractivity contribution in [1.29, 1.82) is 0 Å². The Hall–Kier alpha value is -4.10. The number of amides is 2. The summed E-state index contributed by atoms with van der Waals surface area (Å²) >= 11 is 8.69. The van der Waals surface area contributed by atoms with Crippen molar-refractivity contribution in [1.82, 2.24) is 29.2 Å². The van der Waals surface area contributed by atoms with Crippen molar-refractivity contribution >= 4 is 46.4 Å². The standard InChI is InChI=1S/C40H48ClN7O4S/c1-23(2)45(4)22-35(49)48-20-32-34(21-48)53-39(44-32)28-9-6-8-27(24(28)3)29-10-7-11-30(36(29)41)43-38(50)37-42-31-19-47(17-16-33(31)46(37)5)18-25-12-14-26(15-13-25)40(51)52/h6-11,23,25-26H,12-22H2,1-5H3,(H,43,50)(H,51,52)/t25-,26-. The number of benzene rings is 2. The number of aromatic nitrogens is 3. The number of nitrogens with zero attached hydrogens (tertiary/aromatic N) is 6. The van der Waals surface area contributed by atoms with E-state index in [1.165, 1.54) is 0 Å². The maximum absolute atomic E-state index is 13.7. The molecule has 1 saturated carbocycles. The summed E-state index contributed by atoms with van der Waals surface area (Å²) < 4.78 is 1.90. The van der Waals surface area contributed by atoms with Crippen LogP contribution in [0.2, 0.25) is 5.02 Å². The van der Waals surface area contributed by atoms with Gasteiger partial charge in [0.25, 0.3) is 5.91 Å². The number of thiazole rings is 1. The Bertz CT molecular complexity index is 2030. The van der Waals surface area contributed by atoms with Crippen LogP contribution >= 0.6 is 22.9 Å². The highest BCUT2D eigenvalue weighted by Crippen LogP contribution is 2.41. The molecule has 4 heterocycles. The molecule has 0 spiro atoms. The summed E-state index contributed by atoms with van der Waals surface area (Å²) in [5, 5.41) is 13.8. The van der Waals surface area contributed by atoms with Crippen LogP contribution in [0.4, 0.5) is 5.69 Å². The van der Waals surface area contributed by atoms with E-state index in [4.69, 9.17) is 21.6 Å². The molecule has 4 aromatic rings. The molecular formula is C40H48ClN7O4S. The van der Waals surface area contributed by atoms with Gasteiger partial charge in [-0.15, -0.1) is 11.3 Å². The molecule has 2 amide bonds. The quantitative estimate of drug-likeness (QED) is 0.180. The Morgan fingerprint density at radius 1 is 1.00 bits per heavy atom. The maximum Gasteiger partial charge on any atom is 0.306 e. The van der Waals surface area contributed by atoms with Gasteiger partial charge < -0.3 is 19.9 Å². The Morgan fingerprint density at radius 2 is 1.72 bits per heavy atom. The van der Waals surface area contributed by atoms with Crippen molar-refractivity contribution in [2.45, 2.75) is 78.6 Å². The van der Waals surface area contributed by atoms with Gasteiger partial charge in [0.2, 0.25) is 5.91 Å². The average molecular weight is 758 g/mol. The highest BCUT2D eigenvalue weighted by Gasteiger charge is 2.31. The summed E-state index contributed by atoms with van der Waals surface area (Å²) in [6, 6.07) is 12.1. The van der Waals surface area contributed by atoms with Gasteiger partial charge >= 0.3 is 5.97 Å². The van der Waals surface area contributed by atoms with Gasteiger partial charge in [0.1, 0.15) is 5.01 Å². The lowest BCUT2D eigenvalue weighted by atomic mass is 9.81. The Balaban J connectivity index is 1.03. The molecule has 2 aliphatic heterocycles. The summed E-state index contributed by atoms with van der Waals surface area (Å²) in [6.45, 7) is 10.2. The van der Waals surface area contributed by atoms with Crippen molar-refractivity contribution < 1.29 is 19.5 Å². The van der Waals surface area contributed by atoms with Crippen molar-refractivity contribution in [2.24, 2.45) is 18.9 Å². The van der Waals surface area contributed by atoms with Gasteiger partial charge in [-0.2, -0.15) is 0 Å².